The lowest BCUT2D eigenvalue weighted by molar-refractivity contribution is 0.476. The van der Waals surface area contributed by atoms with Crippen LogP contribution in [0, 0.1) is 11.3 Å². The Kier molecular flexibility index (Phi) is 1.75. The maximum Gasteiger partial charge on any atom is 0.327 e. The Morgan fingerprint density at radius 2 is 2.36 bits per heavy atom. The predicted octanol–water partition coefficient (Wildman–Crippen LogP) is 0.559. The summed E-state index contributed by atoms with van der Waals surface area (Å²) in [4.78, 5) is 13.9. The summed E-state index contributed by atoms with van der Waals surface area (Å²) >= 11 is 0. The molecule has 0 aliphatic rings. The lowest BCUT2D eigenvalue weighted by atomic mass is 10.3. The Morgan fingerprint density at radius 1 is 1.57 bits per heavy atom. The largest absolute Gasteiger partial charge is 0.508 e. The van der Waals surface area contributed by atoms with Crippen LogP contribution in [0.3, 0.4) is 0 Å². The molecule has 0 spiro atoms. The van der Waals surface area contributed by atoms with Crippen molar-refractivity contribution in [3.8, 4) is 11.8 Å². The molecule has 0 bridgehead atoms. The highest BCUT2D eigenvalue weighted by molar-refractivity contribution is 5.76. The smallest absolute Gasteiger partial charge is 0.327 e. The molecule has 1 aromatic carbocycles. The zero-order valence-corrected chi connectivity index (χ0v) is 7.19. The normalized spacial score (nSPS) is 10.2. The number of nitrogens with zero attached hydrogens (tertiary/aromatic N) is 2. The number of aromatic amines is 1. The zero-order chi connectivity index (χ0) is 10.1. The number of nitrogens with one attached hydrogen (secondary N) is 1. The summed E-state index contributed by atoms with van der Waals surface area (Å²) in [7, 11) is 0. The van der Waals surface area contributed by atoms with E-state index in [-0.39, 0.29) is 18.0 Å². The Bertz CT molecular complexity index is 574. The van der Waals surface area contributed by atoms with E-state index in [0.29, 0.717) is 11.0 Å². The van der Waals surface area contributed by atoms with Gasteiger partial charge in [-0.2, -0.15) is 5.26 Å². The topological polar surface area (TPSA) is 81.8 Å². The lowest BCUT2D eigenvalue weighted by Crippen LogP contribution is -2.15. The number of phenolic OH excluding ortho intramolecular Hbond substituents is 1. The van der Waals surface area contributed by atoms with Crippen LogP contribution < -0.4 is 5.69 Å². The van der Waals surface area contributed by atoms with Crippen LogP contribution in [0.1, 0.15) is 0 Å². The summed E-state index contributed by atoms with van der Waals surface area (Å²) in [5.74, 6) is 0.0724. The molecule has 14 heavy (non-hydrogen) atoms. The fourth-order valence-electron chi connectivity index (χ4n) is 1.37. The molecule has 1 aromatic heterocycles. The number of H-pyrrole nitrogens is 1. The number of benzene rings is 1. The van der Waals surface area contributed by atoms with Gasteiger partial charge in [0.1, 0.15) is 12.3 Å². The number of imidazole rings is 1. The average molecular weight is 189 g/mol. The SMILES string of the molecule is N#CCn1c(=O)[nH]c2ccc(O)cc21. The number of aromatic nitrogens is 2. The maximum absolute atomic E-state index is 11.3. The lowest BCUT2D eigenvalue weighted by Gasteiger charge is -1.96. The second-order valence-corrected chi connectivity index (χ2v) is 2.88. The van der Waals surface area contributed by atoms with Crippen molar-refractivity contribution in [3.63, 3.8) is 0 Å². The van der Waals surface area contributed by atoms with Crippen molar-refractivity contribution in [3.05, 3.63) is 28.7 Å². The quantitative estimate of drug-likeness (QED) is 0.687. The van der Waals surface area contributed by atoms with Gasteiger partial charge in [-0.1, -0.05) is 0 Å². The first-order chi connectivity index (χ1) is 6.72. The fourth-order valence-corrected chi connectivity index (χ4v) is 1.37. The molecule has 0 radical (unpaired) electrons. The molecule has 0 aliphatic heterocycles. The summed E-state index contributed by atoms with van der Waals surface area (Å²) in [5, 5.41) is 17.7. The van der Waals surface area contributed by atoms with Gasteiger partial charge >= 0.3 is 5.69 Å². The van der Waals surface area contributed by atoms with Gasteiger partial charge in [0.2, 0.25) is 0 Å². The van der Waals surface area contributed by atoms with Crippen molar-refractivity contribution in [1.82, 2.24) is 9.55 Å². The molecule has 0 aliphatic carbocycles. The van der Waals surface area contributed by atoms with Crippen molar-refractivity contribution in [1.29, 1.82) is 5.26 Å². The number of rotatable bonds is 1. The van der Waals surface area contributed by atoms with E-state index in [2.05, 4.69) is 4.98 Å². The van der Waals surface area contributed by atoms with Crippen LogP contribution in [0.15, 0.2) is 23.0 Å². The summed E-state index contributed by atoms with van der Waals surface area (Å²) in [6.07, 6.45) is 0. The van der Waals surface area contributed by atoms with Crippen LogP contribution in [0.5, 0.6) is 5.75 Å². The number of hydrogen-bond donors (Lipinski definition) is 2. The number of nitriles is 1. The van der Waals surface area contributed by atoms with Gasteiger partial charge in [-0.05, 0) is 12.1 Å². The first-order valence-corrected chi connectivity index (χ1v) is 4.01. The van der Waals surface area contributed by atoms with Crippen LogP contribution in [-0.4, -0.2) is 14.7 Å². The van der Waals surface area contributed by atoms with Gasteiger partial charge < -0.3 is 10.1 Å². The second-order valence-electron chi connectivity index (χ2n) is 2.88. The molecule has 0 saturated carbocycles. The third-order valence-corrected chi connectivity index (χ3v) is 1.99. The third-order valence-electron chi connectivity index (χ3n) is 1.99. The molecule has 5 nitrogen and oxygen atoms in total. The summed E-state index contributed by atoms with van der Waals surface area (Å²) in [6, 6.07) is 6.41. The number of phenols is 1. The van der Waals surface area contributed by atoms with E-state index >= 15 is 0 Å². The minimum atomic E-state index is -0.341. The Morgan fingerprint density at radius 3 is 3.07 bits per heavy atom. The van der Waals surface area contributed by atoms with Crippen LogP contribution in [0.4, 0.5) is 0 Å². The summed E-state index contributed by atoms with van der Waals surface area (Å²) in [5.41, 5.74) is 0.812. The first-order valence-electron chi connectivity index (χ1n) is 4.01. The van der Waals surface area contributed by atoms with Crippen molar-refractivity contribution in [2.75, 3.05) is 0 Å². The molecule has 0 fully saturated rings. The molecule has 1 heterocycles. The molecule has 0 unspecified atom stereocenters. The minimum absolute atomic E-state index is 0.0255. The Balaban J connectivity index is 2.81. The molecule has 2 N–H and O–H groups in total. The zero-order valence-electron chi connectivity index (χ0n) is 7.19. The molecular formula is C9H7N3O2. The molecule has 70 valence electrons. The fraction of sp³-hybridized carbons (Fsp3) is 0.111. The van der Waals surface area contributed by atoms with Crippen molar-refractivity contribution >= 4 is 11.0 Å². The van der Waals surface area contributed by atoms with Crippen LogP contribution in [0.25, 0.3) is 11.0 Å². The van der Waals surface area contributed by atoms with E-state index in [0.717, 1.165) is 0 Å². The molecule has 2 rings (SSSR count). The van der Waals surface area contributed by atoms with Crippen LogP contribution >= 0.6 is 0 Å². The predicted molar refractivity (Wildman–Crippen MR) is 49.8 cm³/mol. The second kappa shape index (κ2) is 2.92. The molecule has 0 atom stereocenters. The van der Waals surface area contributed by atoms with E-state index in [1.807, 2.05) is 6.07 Å². The van der Waals surface area contributed by atoms with E-state index in [9.17, 15) is 9.90 Å². The number of aromatic hydroxyl groups is 1. The highest BCUT2D eigenvalue weighted by atomic mass is 16.3. The van der Waals surface area contributed by atoms with Crippen molar-refractivity contribution < 1.29 is 5.11 Å². The molecule has 2 aromatic rings. The van der Waals surface area contributed by atoms with Gasteiger partial charge in [-0.25, -0.2) is 4.79 Å². The van der Waals surface area contributed by atoms with Gasteiger partial charge in [0, 0.05) is 6.07 Å². The standard InChI is InChI=1S/C9H7N3O2/c10-3-4-12-8-5-6(13)1-2-7(8)11-9(12)14/h1-2,5,13H,4H2,(H,11,14). The van der Waals surface area contributed by atoms with Crippen molar-refractivity contribution in [2.24, 2.45) is 0 Å². The monoisotopic (exact) mass is 189 g/mol. The highest BCUT2D eigenvalue weighted by Gasteiger charge is 2.05. The molecular weight excluding hydrogens is 182 g/mol. The molecule has 0 saturated heterocycles. The average Bonchev–Trinajstić information content (AvgIpc) is 2.45. The Hall–Kier alpha value is -2.22. The van der Waals surface area contributed by atoms with E-state index < -0.39 is 0 Å². The van der Waals surface area contributed by atoms with Gasteiger partial charge in [0.05, 0.1) is 17.1 Å². The van der Waals surface area contributed by atoms with E-state index in [1.54, 1.807) is 6.07 Å². The van der Waals surface area contributed by atoms with Gasteiger partial charge in [0.15, 0.2) is 0 Å². The summed E-state index contributed by atoms with van der Waals surface area (Å²) in [6.45, 7) is -0.0255. The summed E-state index contributed by atoms with van der Waals surface area (Å²) < 4.78 is 1.27. The van der Waals surface area contributed by atoms with Gasteiger partial charge in [-0.3, -0.25) is 4.57 Å². The van der Waals surface area contributed by atoms with Gasteiger partial charge in [-0.15, -0.1) is 0 Å². The highest BCUT2D eigenvalue weighted by Crippen LogP contribution is 2.16. The third kappa shape index (κ3) is 1.13. The van der Waals surface area contributed by atoms with Crippen LogP contribution in [-0.2, 0) is 6.54 Å². The molecule has 5 heteroatoms. The molecule has 0 amide bonds. The number of hydrogen-bond acceptors (Lipinski definition) is 3. The van der Waals surface area contributed by atoms with Crippen LogP contribution in [0.2, 0.25) is 0 Å². The first kappa shape index (κ1) is 8.38. The number of fused-ring (bicyclic) bond motifs is 1. The minimum Gasteiger partial charge on any atom is -0.508 e. The Labute approximate surface area is 78.8 Å². The van der Waals surface area contributed by atoms with Gasteiger partial charge in [0.25, 0.3) is 0 Å². The van der Waals surface area contributed by atoms with E-state index in [1.165, 1.54) is 16.7 Å². The maximum atomic E-state index is 11.3. The van der Waals surface area contributed by atoms with E-state index in [4.69, 9.17) is 5.26 Å². The van der Waals surface area contributed by atoms with Crippen molar-refractivity contribution in [2.45, 2.75) is 6.54 Å².